The normalized spacial score (nSPS) is 27.7. The van der Waals surface area contributed by atoms with E-state index < -0.39 is 5.54 Å². The van der Waals surface area contributed by atoms with Crippen molar-refractivity contribution in [3.63, 3.8) is 0 Å². The van der Waals surface area contributed by atoms with Crippen LogP contribution in [0.4, 0.5) is 0 Å². The van der Waals surface area contributed by atoms with Gasteiger partial charge in [-0.25, -0.2) is 0 Å². The number of azide groups is 1. The standard InChI is InChI=1S/C12H13ClN4O/c13-10-4-2-1-3-9(10)12(14)6-5-8(16-17-15)7-11(12)18/h1-4,8H,5-7,14H2. The molecule has 0 bridgehead atoms. The molecule has 1 aromatic carbocycles. The van der Waals surface area contributed by atoms with Crippen molar-refractivity contribution in [1.29, 1.82) is 0 Å². The van der Waals surface area contributed by atoms with E-state index in [4.69, 9.17) is 22.9 Å². The van der Waals surface area contributed by atoms with E-state index >= 15 is 0 Å². The summed E-state index contributed by atoms with van der Waals surface area (Å²) in [7, 11) is 0. The lowest BCUT2D eigenvalue weighted by Crippen LogP contribution is -2.49. The zero-order chi connectivity index (χ0) is 13.2. The number of Topliss-reactive ketones (excluding diaryl/α,β-unsaturated/α-hetero) is 1. The Labute approximate surface area is 110 Å². The highest BCUT2D eigenvalue weighted by Crippen LogP contribution is 2.36. The summed E-state index contributed by atoms with van der Waals surface area (Å²) >= 11 is 6.10. The Morgan fingerprint density at radius 3 is 2.83 bits per heavy atom. The second kappa shape index (κ2) is 4.98. The first-order valence-electron chi connectivity index (χ1n) is 5.69. The molecule has 2 atom stereocenters. The van der Waals surface area contributed by atoms with Gasteiger partial charge in [0.2, 0.25) is 0 Å². The minimum absolute atomic E-state index is 0.126. The predicted octanol–water partition coefficient (Wildman–Crippen LogP) is 2.93. The Morgan fingerprint density at radius 1 is 1.50 bits per heavy atom. The molecule has 1 aliphatic rings. The summed E-state index contributed by atoms with van der Waals surface area (Å²) in [5.41, 5.74) is 14.2. The average molecular weight is 265 g/mol. The number of halogens is 1. The molecule has 2 unspecified atom stereocenters. The third-order valence-corrected chi connectivity index (χ3v) is 3.69. The molecule has 1 fully saturated rings. The SMILES string of the molecule is [N-]=[N+]=NC1CCC(N)(c2ccccc2Cl)C(=O)C1. The Kier molecular flexibility index (Phi) is 3.57. The molecule has 2 N–H and O–H groups in total. The molecular formula is C12H13ClN4O. The fourth-order valence-electron chi connectivity index (χ4n) is 2.31. The summed E-state index contributed by atoms with van der Waals surface area (Å²) in [5, 5.41) is 4.08. The maximum absolute atomic E-state index is 12.2. The zero-order valence-electron chi connectivity index (χ0n) is 9.71. The molecular weight excluding hydrogens is 252 g/mol. The summed E-state index contributed by atoms with van der Waals surface area (Å²) in [6, 6.07) is 6.81. The Hall–Kier alpha value is -1.55. The van der Waals surface area contributed by atoms with Gasteiger partial charge in [-0.05, 0) is 30.0 Å². The van der Waals surface area contributed by atoms with E-state index in [9.17, 15) is 4.79 Å². The molecule has 1 aromatic rings. The number of nitrogens with zero attached hydrogens (tertiary/aromatic N) is 3. The molecule has 1 saturated carbocycles. The predicted molar refractivity (Wildman–Crippen MR) is 69.1 cm³/mol. The second-order valence-corrected chi connectivity index (χ2v) is 4.88. The molecule has 1 aliphatic carbocycles. The monoisotopic (exact) mass is 264 g/mol. The van der Waals surface area contributed by atoms with Crippen LogP contribution in [0.5, 0.6) is 0 Å². The number of carbonyl (C=O) groups excluding carboxylic acids is 1. The number of nitrogens with two attached hydrogens (primary N) is 1. The summed E-state index contributed by atoms with van der Waals surface area (Å²) in [6.45, 7) is 0. The van der Waals surface area contributed by atoms with Gasteiger partial charge in [0, 0.05) is 22.4 Å². The molecule has 5 nitrogen and oxygen atoms in total. The average Bonchev–Trinajstić information content (AvgIpc) is 2.35. The van der Waals surface area contributed by atoms with Crippen LogP contribution in [0, 0.1) is 0 Å². The van der Waals surface area contributed by atoms with Crippen molar-refractivity contribution in [3.8, 4) is 0 Å². The Balaban J connectivity index is 2.31. The van der Waals surface area contributed by atoms with Crippen LogP contribution >= 0.6 is 11.6 Å². The van der Waals surface area contributed by atoms with Crippen LogP contribution < -0.4 is 5.73 Å². The quantitative estimate of drug-likeness (QED) is 0.505. The molecule has 2 rings (SSSR count). The summed E-state index contributed by atoms with van der Waals surface area (Å²) in [4.78, 5) is 14.9. The molecule has 94 valence electrons. The smallest absolute Gasteiger partial charge is 0.157 e. The molecule has 0 aliphatic heterocycles. The van der Waals surface area contributed by atoms with Crippen LogP contribution in [-0.2, 0) is 10.3 Å². The number of ketones is 1. The number of hydrogen-bond donors (Lipinski definition) is 1. The fraction of sp³-hybridized carbons (Fsp3) is 0.417. The van der Waals surface area contributed by atoms with Gasteiger partial charge < -0.3 is 5.73 Å². The van der Waals surface area contributed by atoms with E-state index in [2.05, 4.69) is 10.0 Å². The summed E-state index contributed by atoms with van der Waals surface area (Å²) in [6.07, 6.45) is 1.21. The van der Waals surface area contributed by atoms with Crippen molar-refractivity contribution >= 4 is 17.4 Å². The van der Waals surface area contributed by atoms with Crippen LogP contribution in [0.3, 0.4) is 0 Å². The minimum atomic E-state index is -1.06. The van der Waals surface area contributed by atoms with E-state index in [-0.39, 0.29) is 18.2 Å². The molecule has 0 aromatic heterocycles. The summed E-state index contributed by atoms with van der Waals surface area (Å²) < 4.78 is 0. The molecule has 0 amide bonds. The van der Waals surface area contributed by atoms with Crippen molar-refractivity contribution in [2.45, 2.75) is 30.8 Å². The first kappa shape index (κ1) is 12.9. The lowest BCUT2D eigenvalue weighted by atomic mass is 9.75. The molecule has 0 heterocycles. The largest absolute Gasteiger partial charge is 0.315 e. The molecule has 0 radical (unpaired) electrons. The van der Waals surface area contributed by atoms with Crippen LogP contribution in [0.2, 0.25) is 5.02 Å². The fourth-order valence-corrected chi connectivity index (χ4v) is 2.62. The third-order valence-electron chi connectivity index (χ3n) is 3.36. The molecule has 6 heteroatoms. The number of hydrogen-bond acceptors (Lipinski definition) is 3. The maximum atomic E-state index is 12.2. The van der Waals surface area contributed by atoms with Gasteiger partial charge in [-0.2, -0.15) is 0 Å². The van der Waals surface area contributed by atoms with Gasteiger partial charge in [0.05, 0.1) is 0 Å². The number of rotatable bonds is 2. The van der Waals surface area contributed by atoms with Gasteiger partial charge in [-0.1, -0.05) is 34.9 Å². The first-order chi connectivity index (χ1) is 8.58. The molecule has 0 saturated heterocycles. The van der Waals surface area contributed by atoms with E-state index in [1.165, 1.54) is 0 Å². The van der Waals surface area contributed by atoms with Crippen molar-refractivity contribution in [1.82, 2.24) is 0 Å². The zero-order valence-corrected chi connectivity index (χ0v) is 10.5. The van der Waals surface area contributed by atoms with Gasteiger partial charge in [0.1, 0.15) is 5.54 Å². The van der Waals surface area contributed by atoms with Crippen molar-refractivity contribution in [2.24, 2.45) is 10.8 Å². The highest BCUT2D eigenvalue weighted by Gasteiger charge is 2.41. The van der Waals surface area contributed by atoms with Crippen LogP contribution in [0.15, 0.2) is 29.4 Å². The first-order valence-corrected chi connectivity index (χ1v) is 6.07. The van der Waals surface area contributed by atoms with Crippen molar-refractivity contribution in [2.75, 3.05) is 0 Å². The van der Waals surface area contributed by atoms with Crippen LogP contribution in [0.1, 0.15) is 24.8 Å². The number of benzene rings is 1. The highest BCUT2D eigenvalue weighted by atomic mass is 35.5. The van der Waals surface area contributed by atoms with Gasteiger partial charge in [0.15, 0.2) is 5.78 Å². The molecule has 18 heavy (non-hydrogen) atoms. The Morgan fingerprint density at radius 2 is 2.22 bits per heavy atom. The molecule has 0 spiro atoms. The lowest BCUT2D eigenvalue weighted by Gasteiger charge is -2.35. The van der Waals surface area contributed by atoms with Gasteiger partial charge in [-0.3, -0.25) is 4.79 Å². The van der Waals surface area contributed by atoms with E-state index in [0.29, 0.717) is 23.4 Å². The van der Waals surface area contributed by atoms with Gasteiger partial charge in [-0.15, -0.1) is 0 Å². The van der Waals surface area contributed by atoms with E-state index in [0.717, 1.165) is 0 Å². The van der Waals surface area contributed by atoms with E-state index in [1.54, 1.807) is 18.2 Å². The van der Waals surface area contributed by atoms with Gasteiger partial charge >= 0.3 is 0 Å². The minimum Gasteiger partial charge on any atom is -0.315 e. The lowest BCUT2D eigenvalue weighted by molar-refractivity contribution is -0.126. The summed E-state index contributed by atoms with van der Waals surface area (Å²) in [5.74, 6) is -0.126. The van der Waals surface area contributed by atoms with Crippen molar-refractivity contribution < 1.29 is 4.79 Å². The van der Waals surface area contributed by atoms with Crippen molar-refractivity contribution in [3.05, 3.63) is 45.3 Å². The maximum Gasteiger partial charge on any atom is 0.157 e. The number of carbonyl (C=O) groups is 1. The topological polar surface area (TPSA) is 91.8 Å². The van der Waals surface area contributed by atoms with Gasteiger partial charge in [0.25, 0.3) is 0 Å². The third kappa shape index (κ3) is 2.20. The highest BCUT2D eigenvalue weighted by molar-refractivity contribution is 6.31. The van der Waals surface area contributed by atoms with Crippen LogP contribution in [0.25, 0.3) is 10.4 Å². The second-order valence-electron chi connectivity index (χ2n) is 4.48. The van der Waals surface area contributed by atoms with Crippen LogP contribution in [-0.4, -0.2) is 11.8 Å². The van der Waals surface area contributed by atoms with E-state index in [1.807, 2.05) is 6.07 Å². The Bertz CT molecular complexity index is 527.